The van der Waals surface area contributed by atoms with Crippen molar-refractivity contribution in [1.82, 2.24) is 0 Å². The average molecular weight is 454 g/mol. The molecule has 0 aromatic heterocycles. The van der Waals surface area contributed by atoms with Gasteiger partial charge in [0, 0.05) is 47.3 Å². The lowest BCUT2D eigenvalue weighted by atomic mass is 9.86. The van der Waals surface area contributed by atoms with Crippen LogP contribution < -0.4 is 20.6 Å². The van der Waals surface area contributed by atoms with Crippen molar-refractivity contribution >= 4 is 23.2 Å². The number of hydrogen-bond donors (Lipinski definition) is 3. The maximum Gasteiger partial charge on any atom is 0.336 e. The van der Waals surface area contributed by atoms with Crippen molar-refractivity contribution in [2.75, 3.05) is 18.4 Å². The van der Waals surface area contributed by atoms with Gasteiger partial charge >= 0.3 is 11.9 Å². The van der Waals surface area contributed by atoms with E-state index in [1.807, 2.05) is 18.2 Å². The summed E-state index contributed by atoms with van der Waals surface area (Å²) in [7, 11) is 0. The average Bonchev–Trinajstić information content (AvgIpc) is 2.84. The van der Waals surface area contributed by atoms with Gasteiger partial charge in [-0.15, -0.1) is 0 Å². The second-order valence-corrected chi connectivity index (χ2v) is 8.85. The molecule has 0 bridgehead atoms. The number of ether oxygens (including phenoxy) is 1. The van der Waals surface area contributed by atoms with Crippen molar-refractivity contribution in [2.24, 2.45) is 4.99 Å². The van der Waals surface area contributed by atoms with Gasteiger partial charge in [-0.3, -0.25) is 4.99 Å². The lowest BCUT2D eigenvalue weighted by Crippen LogP contribution is -2.26. The summed E-state index contributed by atoms with van der Waals surface area (Å²) in [6.07, 6.45) is 3.73. The topological polar surface area (TPSA) is 108 Å². The SMILES string of the molecule is O=C(O)c1ccc(C(=O)O)c(C2=c3cc4c(cc3Oc3cc5c(cc32)CCCN5)=NCCC4)c1. The Labute approximate surface area is 195 Å². The van der Waals surface area contributed by atoms with Crippen molar-refractivity contribution in [3.63, 3.8) is 0 Å². The number of anilines is 1. The maximum atomic E-state index is 12.2. The van der Waals surface area contributed by atoms with Gasteiger partial charge in [-0.1, -0.05) is 0 Å². The van der Waals surface area contributed by atoms with Crippen LogP contribution in [0.5, 0.6) is 11.5 Å². The Kier molecular flexibility index (Phi) is 4.65. The number of carbonyl (C=O) groups is 2. The first kappa shape index (κ1) is 20.5. The zero-order valence-corrected chi connectivity index (χ0v) is 18.4. The molecule has 170 valence electrons. The molecule has 0 atom stereocenters. The van der Waals surface area contributed by atoms with Gasteiger partial charge in [0.05, 0.1) is 16.5 Å². The fourth-order valence-corrected chi connectivity index (χ4v) is 5.11. The van der Waals surface area contributed by atoms with Gasteiger partial charge in [0.25, 0.3) is 0 Å². The van der Waals surface area contributed by atoms with Crippen LogP contribution in [0.25, 0.3) is 5.57 Å². The summed E-state index contributed by atoms with van der Waals surface area (Å²) in [6, 6.07) is 12.1. The first-order valence-electron chi connectivity index (χ1n) is 11.4. The van der Waals surface area contributed by atoms with E-state index in [-0.39, 0.29) is 11.1 Å². The molecule has 0 aliphatic carbocycles. The summed E-state index contributed by atoms with van der Waals surface area (Å²) >= 11 is 0. The highest BCUT2D eigenvalue weighted by atomic mass is 16.5. The number of fused-ring (bicyclic) bond motifs is 4. The van der Waals surface area contributed by atoms with Crippen LogP contribution in [0.2, 0.25) is 0 Å². The predicted molar refractivity (Wildman–Crippen MR) is 126 cm³/mol. The lowest BCUT2D eigenvalue weighted by Gasteiger charge is -2.27. The van der Waals surface area contributed by atoms with Crippen LogP contribution in [-0.2, 0) is 12.8 Å². The summed E-state index contributed by atoms with van der Waals surface area (Å²) in [5.41, 5.74) is 5.13. The zero-order chi connectivity index (χ0) is 23.4. The number of hydrogen-bond acceptors (Lipinski definition) is 5. The Morgan fingerprint density at radius 2 is 1.74 bits per heavy atom. The summed E-state index contributed by atoms with van der Waals surface area (Å²) in [5, 5.41) is 24.7. The Balaban J connectivity index is 1.74. The van der Waals surface area contributed by atoms with E-state index in [0.29, 0.717) is 22.6 Å². The van der Waals surface area contributed by atoms with E-state index < -0.39 is 11.9 Å². The first-order valence-corrected chi connectivity index (χ1v) is 11.4. The third-order valence-electron chi connectivity index (χ3n) is 6.74. The van der Waals surface area contributed by atoms with Crippen LogP contribution in [0.1, 0.15) is 55.8 Å². The molecule has 3 N–H and O–H groups in total. The molecule has 3 heterocycles. The summed E-state index contributed by atoms with van der Waals surface area (Å²) in [4.78, 5) is 28.6. The van der Waals surface area contributed by atoms with Gasteiger partial charge in [-0.2, -0.15) is 0 Å². The molecule has 6 rings (SSSR count). The van der Waals surface area contributed by atoms with Crippen molar-refractivity contribution in [3.05, 3.63) is 86.4 Å². The van der Waals surface area contributed by atoms with Crippen molar-refractivity contribution < 1.29 is 24.5 Å². The highest BCUT2D eigenvalue weighted by Gasteiger charge is 2.27. The van der Waals surface area contributed by atoms with Crippen LogP contribution in [0.3, 0.4) is 0 Å². The Morgan fingerprint density at radius 3 is 2.56 bits per heavy atom. The third-order valence-corrected chi connectivity index (χ3v) is 6.74. The monoisotopic (exact) mass is 454 g/mol. The number of benzene rings is 3. The van der Waals surface area contributed by atoms with Gasteiger partial charge in [-0.25, -0.2) is 9.59 Å². The highest BCUT2D eigenvalue weighted by Crippen LogP contribution is 2.41. The molecule has 0 unspecified atom stereocenters. The van der Waals surface area contributed by atoms with Crippen LogP contribution >= 0.6 is 0 Å². The van der Waals surface area contributed by atoms with Gasteiger partial charge < -0.3 is 20.3 Å². The number of nitrogens with zero attached hydrogens (tertiary/aromatic N) is 1. The molecule has 0 spiro atoms. The molecule has 7 nitrogen and oxygen atoms in total. The summed E-state index contributed by atoms with van der Waals surface area (Å²) in [5.74, 6) is -1.00. The van der Waals surface area contributed by atoms with E-state index in [9.17, 15) is 19.8 Å². The maximum absolute atomic E-state index is 12.2. The van der Waals surface area contributed by atoms with Gasteiger partial charge in [0.15, 0.2) is 0 Å². The van der Waals surface area contributed by atoms with Crippen LogP contribution in [0.4, 0.5) is 5.69 Å². The van der Waals surface area contributed by atoms with E-state index in [4.69, 9.17) is 4.74 Å². The number of carboxylic acids is 2. The van der Waals surface area contributed by atoms with Gasteiger partial charge in [-0.05, 0) is 72.7 Å². The van der Waals surface area contributed by atoms with Gasteiger partial charge in [0.1, 0.15) is 11.5 Å². The largest absolute Gasteiger partial charge is 0.478 e. The number of aromatic carboxylic acids is 2. The minimum atomic E-state index is -1.11. The minimum absolute atomic E-state index is 0.0367. The molecule has 3 aromatic rings. The standard InChI is InChI=1S/C27H22N2O5/c30-26(31)16-5-6-17(27(32)33)18(11-16)25-19-9-14-3-1-7-28-21(14)12-23(19)34-24-13-22-15(10-20(24)25)4-2-8-29-22/h5-6,9-13,28H,1-4,7-8H2,(H,30,31)(H,32,33). The fraction of sp³-hybridized carbons (Fsp3) is 0.222. The molecule has 3 aromatic carbocycles. The molecule has 3 aliphatic rings. The van der Waals surface area contributed by atoms with Crippen molar-refractivity contribution in [2.45, 2.75) is 25.7 Å². The predicted octanol–water partition coefficient (Wildman–Crippen LogP) is 3.36. The van der Waals surface area contributed by atoms with Gasteiger partial charge in [0.2, 0.25) is 0 Å². The molecular weight excluding hydrogens is 432 g/mol. The molecule has 34 heavy (non-hydrogen) atoms. The molecule has 0 saturated heterocycles. The first-order chi connectivity index (χ1) is 16.5. The molecular formula is C27H22N2O5. The molecule has 0 radical (unpaired) electrons. The molecule has 0 amide bonds. The third kappa shape index (κ3) is 3.23. The number of nitrogens with one attached hydrogen (secondary N) is 1. The number of carboxylic acid groups (broad SMARTS) is 2. The Morgan fingerprint density at radius 1 is 0.882 bits per heavy atom. The van der Waals surface area contributed by atoms with E-state index >= 15 is 0 Å². The van der Waals surface area contributed by atoms with Crippen molar-refractivity contribution in [3.8, 4) is 11.5 Å². The van der Waals surface area contributed by atoms with E-state index in [1.54, 1.807) is 0 Å². The van der Waals surface area contributed by atoms with Crippen LogP contribution in [0.15, 0.2) is 47.5 Å². The number of rotatable bonds is 3. The van der Waals surface area contributed by atoms with E-state index in [1.165, 1.54) is 18.2 Å². The quantitative estimate of drug-likeness (QED) is 0.438. The molecule has 0 fully saturated rings. The molecule has 0 saturated carbocycles. The second-order valence-electron chi connectivity index (χ2n) is 8.85. The molecule has 3 aliphatic heterocycles. The summed E-state index contributed by atoms with van der Waals surface area (Å²) < 4.78 is 6.35. The second kappa shape index (κ2) is 7.73. The molecule has 7 heteroatoms. The van der Waals surface area contributed by atoms with E-state index in [0.717, 1.165) is 71.7 Å². The van der Waals surface area contributed by atoms with E-state index in [2.05, 4.69) is 16.4 Å². The zero-order valence-electron chi connectivity index (χ0n) is 18.4. The minimum Gasteiger partial charge on any atom is -0.478 e. The Hall–Kier alpha value is -4.13. The van der Waals surface area contributed by atoms with Crippen LogP contribution in [0, 0.1) is 0 Å². The Bertz CT molecular complexity index is 1520. The summed E-state index contributed by atoms with van der Waals surface area (Å²) in [6.45, 7) is 1.65. The highest BCUT2D eigenvalue weighted by molar-refractivity contribution is 6.01. The van der Waals surface area contributed by atoms with Crippen LogP contribution in [-0.4, -0.2) is 35.2 Å². The normalized spacial score (nSPS) is 15.5. The lowest BCUT2D eigenvalue weighted by molar-refractivity contribution is 0.0681. The van der Waals surface area contributed by atoms with Crippen molar-refractivity contribution in [1.29, 1.82) is 0 Å². The smallest absolute Gasteiger partial charge is 0.336 e. The fourth-order valence-electron chi connectivity index (χ4n) is 5.11. The number of aryl methyl sites for hydroxylation is 2.